The highest BCUT2D eigenvalue weighted by Crippen LogP contribution is 2.46. The first-order chi connectivity index (χ1) is 10.7. The molecule has 0 radical (unpaired) electrons. The summed E-state index contributed by atoms with van der Waals surface area (Å²) in [5.41, 5.74) is 0.987. The molecule has 1 aliphatic carbocycles. The molecule has 2 fully saturated rings. The molecule has 1 atom stereocenters. The molecule has 0 bridgehead atoms. The van der Waals surface area contributed by atoms with Gasteiger partial charge in [0, 0.05) is 42.3 Å². The maximum absolute atomic E-state index is 10.6. The lowest BCUT2D eigenvalue weighted by atomic mass is 9.80. The number of hydrogen-bond donors (Lipinski definition) is 2. The molecule has 1 heterocycles. The highest BCUT2D eigenvalue weighted by atomic mass is 79.9. The summed E-state index contributed by atoms with van der Waals surface area (Å²) in [5, 5.41) is 14.5. The number of nitrogens with one attached hydrogen (secondary N) is 1. The van der Waals surface area contributed by atoms with Crippen molar-refractivity contribution >= 4 is 52.3 Å². The number of aromatic hydroxyl groups is 1. The van der Waals surface area contributed by atoms with Crippen LogP contribution in [0.3, 0.4) is 0 Å². The Morgan fingerprint density at radius 3 is 2.38 bits per heavy atom. The molecule has 1 saturated heterocycles. The highest BCUT2D eigenvalue weighted by molar-refractivity contribution is 9.10. The van der Waals surface area contributed by atoms with E-state index in [1.165, 1.54) is 32.1 Å². The van der Waals surface area contributed by atoms with Crippen molar-refractivity contribution in [3.8, 4) is 5.75 Å². The van der Waals surface area contributed by atoms with E-state index in [0.717, 1.165) is 36.2 Å². The molecule has 1 saturated carbocycles. The first-order valence-corrected chi connectivity index (χ1v) is 9.47. The Morgan fingerprint density at radius 1 is 1.12 bits per heavy atom. The van der Waals surface area contributed by atoms with Gasteiger partial charge in [-0.25, -0.2) is 0 Å². The minimum atomic E-state index is 0. The normalized spacial score (nSPS) is 20.8. The van der Waals surface area contributed by atoms with Crippen LogP contribution in [0.4, 0.5) is 0 Å². The van der Waals surface area contributed by atoms with Crippen molar-refractivity contribution in [2.75, 3.05) is 26.2 Å². The van der Waals surface area contributed by atoms with Crippen molar-refractivity contribution in [2.24, 2.45) is 5.92 Å². The standard InChI is InChI=1S/C17H24BrClN2O.2ClH/c18-13-6-7-14(19)17(22)15(13)16(12-4-2-1-3-5-12)21-10-8-20-9-11-21;;/h6-7,12,16,20,22H,1-5,8-11H2;2*1H/t16-;;/m1../s1. The van der Waals surface area contributed by atoms with Gasteiger partial charge in [0.25, 0.3) is 0 Å². The first-order valence-electron chi connectivity index (χ1n) is 8.30. The lowest BCUT2D eigenvalue weighted by Gasteiger charge is -2.41. The zero-order chi connectivity index (χ0) is 15.5. The second-order valence-electron chi connectivity index (χ2n) is 6.42. The van der Waals surface area contributed by atoms with Gasteiger partial charge in [0.05, 0.1) is 5.02 Å². The van der Waals surface area contributed by atoms with E-state index in [4.69, 9.17) is 11.6 Å². The van der Waals surface area contributed by atoms with Crippen LogP contribution in [0.5, 0.6) is 5.75 Å². The number of phenols is 1. The Balaban J connectivity index is 0.00000144. The number of rotatable bonds is 3. The van der Waals surface area contributed by atoms with Gasteiger partial charge < -0.3 is 10.4 Å². The Bertz CT molecular complexity index is 503. The Hall–Kier alpha value is 0.290. The minimum absolute atomic E-state index is 0. The van der Waals surface area contributed by atoms with Crippen molar-refractivity contribution in [1.82, 2.24) is 10.2 Å². The van der Waals surface area contributed by atoms with Crippen LogP contribution in [0, 0.1) is 5.92 Å². The van der Waals surface area contributed by atoms with Gasteiger partial charge in [-0.15, -0.1) is 24.8 Å². The average Bonchev–Trinajstić information content (AvgIpc) is 2.57. The van der Waals surface area contributed by atoms with Crippen LogP contribution in [-0.4, -0.2) is 36.2 Å². The van der Waals surface area contributed by atoms with E-state index >= 15 is 0 Å². The Labute approximate surface area is 170 Å². The molecular weight excluding hydrogens is 434 g/mol. The molecule has 2 N–H and O–H groups in total. The maximum atomic E-state index is 10.6. The summed E-state index contributed by atoms with van der Waals surface area (Å²) < 4.78 is 0.975. The molecule has 1 aromatic carbocycles. The molecule has 7 heteroatoms. The number of piperazine rings is 1. The van der Waals surface area contributed by atoms with Crippen LogP contribution in [-0.2, 0) is 0 Å². The van der Waals surface area contributed by atoms with E-state index in [2.05, 4.69) is 26.1 Å². The molecule has 1 aliphatic heterocycles. The number of halogens is 4. The van der Waals surface area contributed by atoms with Crippen molar-refractivity contribution < 1.29 is 5.11 Å². The maximum Gasteiger partial charge on any atom is 0.140 e. The number of benzene rings is 1. The van der Waals surface area contributed by atoms with Gasteiger partial charge in [-0.1, -0.05) is 46.8 Å². The van der Waals surface area contributed by atoms with Crippen LogP contribution in [0.15, 0.2) is 16.6 Å². The van der Waals surface area contributed by atoms with E-state index in [9.17, 15) is 5.11 Å². The van der Waals surface area contributed by atoms with E-state index in [0.29, 0.717) is 10.9 Å². The largest absolute Gasteiger partial charge is 0.506 e. The van der Waals surface area contributed by atoms with Crippen molar-refractivity contribution in [2.45, 2.75) is 38.1 Å². The van der Waals surface area contributed by atoms with Gasteiger partial charge in [-0.2, -0.15) is 0 Å². The van der Waals surface area contributed by atoms with Gasteiger partial charge in [-0.3, -0.25) is 4.90 Å². The molecular formula is C17H26BrCl3N2O. The fourth-order valence-corrected chi connectivity index (χ4v) is 4.68. The summed E-state index contributed by atoms with van der Waals surface area (Å²) in [6.45, 7) is 4.09. The number of hydrogen-bond acceptors (Lipinski definition) is 3. The molecule has 24 heavy (non-hydrogen) atoms. The molecule has 2 aliphatic rings. The SMILES string of the molecule is Cl.Cl.Oc1c(Cl)ccc(Br)c1[C@@H](C1CCCCC1)N1CCNCC1. The quantitative estimate of drug-likeness (QED) is 0.653. The summed E-state index contributed by atoms with van der Waals surface area (Å²) in [5.74, 6) is 0.859. The summed E-state index contributed by atoms with van der Waals surface area (Å²) in [6.07, 6.45) is 6.42. The van der Waals surface area contributed by atoms with Crippen LogP contribution in [0.2, 0.25) is 5.02 Å². The Morgan fingerprint density at radius 2 is 1.75 bits per heavy atom. The molecule has 0 amide bonds. The fourth-order valence-electron chi connectivity index (χ4n) is 3.96. The smallest absolute Gasteiger partial charge is 0.140 e. The molecule has 138 valence electrons. The van der Waals surface area contributed by atoms with Gasteiger partial charge in [0.15, 0.2) is 0 Å². The molecule has 0 unspecified atom stereocenters. The van der Waals surface area contributed by atoms with Gasteiger partial charge in [0.1, 0.15) is 5.75 Å². The van der Waals surface area contributed by atoms with Crippen LogP contribution >= 0.6 is 52.3 Å². The predicted octanol–water partition coefficient (Wildman–Crippen LogP) is 5.18. The van der Waals surface area contributed by atoms with Crippen LogP contribution in [0.1, 0.15) is 43.7 Å². The number of phenolic OH excluding ortho intramolecular Hbond substituents is 1. The van der Waals surface area contributed by atoms with E-state index in [1.54, 1.807) is 6.07 Å². The lowest BCUT2D eigenvalue weighted by molar-refractivity contribution is 0.101. The van der Waals surface area contributed by atoms with Gasteiger partial charge in [0.2, 0.25) is 0 Å². The molecule has 3 rings (SSSR count). The van der Waals surface area contributed by atoms with Gasteiger partial charge >= 0.3 is 0 Å². The second-order valence-corrected chi connectivity index (χ2v) is 7.68. The third-order valence-corrected chi connectivity index (χ3v) is 6.05. The van der Waals surface area contributed by atoms with Crippen LogP contribution < -0.4 is 5.32 Å². The third-order valence-electron chi connectivity index (χ3n) is 5.05. The second kappa shape index (κ2) is 10.4. The highest BCUT2D eigenvalue weighted by Gasteiger charge is 2.34. The van der Waals surface area contributed by atoms with Crippen molar-refractivity contribution in [3.05, 3.63) is 27.2 Å². The van der Waals surface area contributed by atoms with E-state index in [-0.39, 0.29) is 36.6 Å². The van der Waals surface area contributed by atoms with Gasteiger partial charge in [-0.05, 0) is 30.9 Å². The summed E-state index contributed by atoms with van der Waals surface area (Å²) in [4.78, 5) is 2.53. The van der Waals surface area contributed by atoms with E-state index < -0.39 is 0 Å². The summed E-state index contributed by atoms with van der Waals surface area (Å²) in [6, 6.07) is 3.99. The molecule has 0 spiro atoms. The third kappa shape index (κ3) is 4.93. The molecule has 3 nitrogen and oxygen atoms in total. The summed E-state index contributed by atoms with van der Waals surface area (Å²) in [7, 11) is 0. The minimum Gasteiger partial charge on any atom is -0.506 e. The summed E-state index contributed by atoms with van der Waals surface area (Å²) >= 11 is 9.86. The zero-order valence-electron chi connectivity index (χ0n) is 13.6. The first kappa shape index (κ1) is 22.3. The molecule has 1 aromatic rings. The average molecular weight is 461 g/mol. The van der Waals surface area contributed by atoms with Crippen LogP contribution in [0.25, 0.3) is 0 Å². The lowest BCUT2D eigenvalue weighted by Crippen LogP contribution is -2.47. The predicted molar refractivity (Wildman–Crippen MR) is 109 cm³/mol. The van der Waals surface area contributed by atoms with Crippen molar-refractivity contribution in [1.29, 1.82) is 0 Å². The molecule has 0 aromatic heterocycles. The fraction of sp³-hybridized carbons (Fsp3) is 0.647. The number of nitrogens with zero attached hydrogens (tertiary/aromatic N) is 1. The van der Waals surface area contributed by atoms with Crippen molar-refractivity contribution in [3.63, 3.8) is 0 Å². The topological polar surface area (TPSA) is 35.5 Å². The zero-order valence-corrected chi connectivity index (χ0v) is 17.6. The Kier molecular flexibility index (Phi) is 9.72. The monoisotopic (exact) mass is 458 g/mol. The van der Waals surface area contributed by atoms with E-state index in [1.807, 2.05) is 6.07 Å².